The zero-order chi connectivity index (χ0) is 17.2. The maximum Gasteiger partial charge on any atom is 0.255 e. The number of carbonyl (C=O) groups excluding carboxylic acids is 1. The van der Waals surface area contributed by atoms with E-state index < -0.39 is 10.0 Å². The summed E-state index contributed by atoms with van der Waals surface area (Å²) in [7, 11) is -0.657. The van der Waals surface area contributed by atoms with Crippen molar-refractivity contribution in [3.05, 3.63) is 59.2 Å². The molecule has 0 spiro atoms. The molecule has 2 rings (SSSR count). The molecule has 0 saturated carbocycles. The third kappa shape index (κ3) is 3.60. The number of rotatable bonds is 4. The largest absolute Gasteiger partial charge is 0.322 e. The first-order valence-corrected chi connectivity index (χ1v) is 8.57. The van der Waals surface area contributed by atoms with Gasteiger partial charge in [0.15, 0.2) is 0 Å². The maximum absolute atomic E-state index is 12.4. The molecular formula is C17H20N2O3S. The fraction of sp³-hybridized carbons (Fsp3) is 0.235. The highest BCUT2D eigenvalue weighted by Gasteiger charge is 2.21. The Bertz CT molecular complexity index is 843. The molecule has 23 heavy (non-hydrogen) atoms. The molecule has 122 valence electrons. The Morgan fingerprint density at radius 2 is 1.65 bits per heavy atom. The lowest BCUT2D eigenvalue weighted by Gasteiger charge is -2.15. The summed E-state index contributed by atoms with van der Waals surface area (Å²) < 4.78 is 25.8. The van der Waals surface area contributed by atoms with E-state index in [2.05, 4.69) is 5.32 Å². The molecule has 1 amide bonds. The minimum absolute atomic E-state index is 0.139. The summed E-state index contributed by atoms with van der Waals surface area (Å²) in [5.41, 5.74) is 2.55. The summed E-state index contributed by atoms with van der Waals surface area (Å²) >= 11 is 0. The average molecular weight is 332 g/mol. The fourth-order valence-electron chi connectivity index (χ4n) is 2.12. The van der Waals surface area contributed by atoms with Gasteiger partial charge in [0.25, 0.3) is 5.91 Å². The molecule has 0 heterocycles. The number of carbonyl (C=O) groups is 1. The van der Waals surface area contributed by atoms with Gasteiger partial charge in [0.1, 0.15) is 0 Å². The third-order valence-electron chi connectivity index (χ3n) is 3.60. The Labute approximate surface area is 137 Å². The number of para-hydroxylation sites is 1. The average Bonchev–Trinajstić information content (AvgIpc) is 2.49. The van der Waals surface area contributed by atoms with Crippen molar-refractivity contribution in [3.63, 3.8) is 0 Å². The van der Waals surface area contributed by atoms with Crippen molar-refractivity contribution in [1.29, 1.82) is 0 Å². The molecule has 0 aromatic heterocycles. The second-order valence-corrected chi connectivity index (χ2v) is 7.66. The Morgan fingerprint density at radius 3 is 2.26 bits per heavy atom. The van der Waals surface area contributed by atoms with Crippen LogP contribution in [0.4, 0.5) is 5.69 Å². The Kier molecular flexibility index (Phi) is 4.87. The van der Waals surface area contributed by atoms with E-state index in [0.717, 1.165) is 9.87 Å². The minimum atomic E-state index is -3.59. The van der Waals surface area contributed by atoms with Crippen molar-refractivity contribution in [2.24, 2.45) is 0 Å². The molecule has 0 aliphatic rings. The van der Waals surface area contributed by atoms with Crippen LogP contribution in [0.2, 0.25) is 0 Å². The van der Waals surface area contributed by atoms with Gasteiger partial charge in [-0.1, -0.05) is 24.3 Å². The quantitative estimate of drug-likeness (QED) is 0.936. The molecule has 0 radical (unpaired) electrons. The molecule has 0 unspecified atom stereocenters. The van der Waals surface area contributed by atoms with Crippen LogP contribution in [0.3, 0.4) is 0 Å². The van der Waals surface area contributed by atoms with Crippen LogP contribution < -0.4 is 5.32 Å². The molecule has 0 bridgehead atoms. The first-order valence-electron chi connectivity index (χ1n) is 7.13. The minimum Gasteiger partial charge on any atom is -0.322 e. The Balaban J connectivity index is 2.38. The number of nitrogens with zero attached hydrogens (tertiary/aromatic N) is 1. The van der Waals surface area contributed by atoms with Crippen molar-refractivity contribution in [1.82, 2.24) is 4.31 Å². The maximum atomic E-state index is 12.4. The summed E-state index contributed by atoms with van der Waals surface area (Å²) in [6, 6.07) is 12.1. The Morgan fingerprint density at radius 1 is 1.00 bits per heavy atom. The van der Waals surface area contributed by atoms with Gasteiger partial charge in [0.05, 0.1) is 4.90 Å². The van der Waals surface area contributed by atoms with Gasteiger partial charge in [0.2, 0.25) is 10.0 Å². The highest BCUT2D eigenvalue weighted by atomic mass is 32.2. The van der Waals surface area contributed by atoms with Gasteiger partial charge in [-0.2, -0.15) is 0 Å². The number of aryl methyl sites for hydroxylation is 2. The lowest BCUT2D eigenvalue weighted by Crippen LogP contribution is -2.23. The molecule has 0 aliphatic heterocycles. The van der Waals surface area contributed by atoms with Crippen LogP contribution in [0, 0.1) is 13.8 Å². The van der Waals surface area contributed by atoms with E-state index in [0.29, 0.717) is 16.8 Å². The van der Waals surface area contributed by atoms with Gasteiger partial charge in [-0.25, -0.2) is 12.7 Å². The number of nitrogens with one attached hydrogen (secondary N) is 1. The molecule has 0 fully saturated rings. The van der Waals surface area contributed by atoms with E-state index in [-0.39, 0.29) is 10.8 Å². The summed E-state index contributed by atoms with van der Waals surface area (Å²) in [5.74, 6) is -0.338. The molecule has 6 heteroatoms. The highest BCUT2D eigenvalue weighted by Crippen LogP contribution is 2.21. The van der Waals surface area contributed by atoms with Crippen molar-refractivity contribution < 1.29 is 13.2 Å². The molecule has 2 aromatic rings. The van der Waals surface area contributed by atoms with Crippen LogP contribution in [0.25, 0.3) is 0 Å². The van der Waals surface area contributed by atoms with Gasteiger partial charge < -0.3 is 5.32 Å². The van der Waals surface area contributed by atoms with Crippen LogP contribution >= 0.6 is 0 Å². The molecule has 0 aliphatic carbocycles. The zero-order valence-corrected chi connectivity index (χ0v) is 14.4. The smallest absolute Gasteiger partial charge is 0.255 e. The van der Waals surface area contributed by atoms with Crippen LogP contribution in [0.5, 0.6) is 0 Å². The number of hydrogen-bond acceptors (Lipinski definition) is 3. The molecule has 0 saturated heterocycles. The molecule has 2 aromatic carbocycles. The van der Waals surface area contributed by atoms with Gasteiger partial charge in [0, 0.05) is 25.3 Å². The van der Waals surface area contributed by atoms with E-state index >= 15 is 0 Å². The van der Waals surface area contributed by atoms with Gasteiger partial charge in [-0.3, -0.25) is 4.79 Å². The Hall–Kier alpha value is -2.18. The van der Waals surface area contributed by atoms with E-state index in [9.17, 15) is 13.2 Å². The van der Waals surface area contributed by atoms with E-state index in [1.807, 2.05) is 25.1 Å². The van der Waals surface area contributed by atoms with Gasteiger partial charge in [-0.15, -0.1) is 0 Å². The SMILES string of the molecule is Cc1ccccc1NC(=O)c1ccc(C)c(S(=O)(=O)N(C)C)c1. The van der Waals surface area contributed by atoms with E-state index in [1.165, 1.54) is 20.2 Å². The predicted molar refractivity (Wildman–Crippen MR) is 91.2 cm³/mol. The monoisotopic (exact) mass is 332 g/mol. The topological polar surface area (TPSA) is 66.5 Å². The van der Waals surface area contributed by atoms with Crippen LogP contribution in [0.15, 0.2) is 47.4 Å². The highest BCUT2D eigenvalue weighted by molar-refractivity contribution is 7.89. The van der Waals surface area contributed by atoms with Gasteiger partial charge in [-0.05, 0) is 43.2 Å². The van der Waals surface area contributed by atoms with Crippen LogP contribution in [-0.2, 0) is 10.0 Å². The van der Waals surface area contributed by atoms with Crippen molar-refractivity contribution in [3.8, 4) is 0 Å². The van der Waals surface area contributed by atoms with Gasteiger partial charge >= 0.3 is 0 Å². The van der Waals surface area contributed by atoms with Crippen molar-refractivity contribution in [2.45, 2.75) is 18.7 Å². The summed E-state index contributed by atoms with van der Waals surface area (Å²) in [4.78, 5) is 12.5. The summed E-state index contributed by atoms with van der Waals surface area (Å²) in [5, 5.41) is 2.81. The summed E-state index contributed by atoms with van der Waals surface area (Å²) in [6.45, 7) is 3.60. The molecule has 0 atom stereocenters. The lowest BCUT2D eigenvalue weighted by atomic mass is 10.1. The van der Waals surface area contributed by atoms with E-state index in [4.69, 9.17) is 0 Å². The third-order valence-corrected chi connectivity index (χ3v) is 5.56. The van der Waals surface area contributed by atoms with Crippen molar-refractivity contribution >= 4 is 21.6 Å². The number of hydrogen-bond donors (Lipinski definition) is 1. The second-order valence-electron chi connectivity index (χ2n) is 5.54. The number of amides is 1. The van der Waals surface area contributed by atoms with Crippen molar-refractivity contribution in [2.75, 3.05) is 19.4 Å². The standard InChI is InChI=1S/C17H20N2O3S/c1-12-7-5-6-8-15(12)18-17(20)14-10-9-13(2)16(11-14)23(21,22)19(3)4/h5-11H,1-4H3,(H,18,20). The first-order chi connectivity index (χ1) is 10.7. The first kappa shape index (κ1) is 17.2. The number of sulfonamides is 1. The van der Waals surface area contributed by atoms with Crippen LogP contribution in [0.1, 0.15) is 21.5 Å². The van der Waals surface area contributed by atoms with Crippen LogP contribution in [-0.4, -0.2) is 32.7 Å². The summed E-state index contributed by atoms with van der Waals surface area (Å²) in [6.07, 6.45) is 0. The fourth-order valence-corrected chi connectivity index (χ4v) is 3.27. The molecular weight excluding hydrogens is 312 g/mol. The molecule has 1 N–H and O–H groups in total. The normalized spacial score (nSPS) is 11.5. The predicted octanol–water partition coefficient (Wildman–Crippen LogP) is 2.81. The zero-order valence-electron chi connectivity index (χ0n) is 13.6. The molecule has 5 nitrogen and oxygen atoms in total. The lowest BCUT2D eigenvalue weighted by molar-refractivity contribution is 0.102. The van der Waals surface area contributed by atoms with E-state index in [1.54, 1.807) is 25.1 Å². The second kappa shape index (κ2) is 6.52. The number of benzene rings is 2. The number of anilines is 1.